The maximum absolute atomic E-state index is 13.2. The third kappa shape index (κ3) is 4.49. The van der Waals surface area contributed by atoms with Gasteiger partial charge < -0.3 is 4.52 Å². The molecule has 3 rings (SSSR count). The van der Waals surface area contributed by atoms with Crippen LogP contribution in [0.25, 0.3) is 11.3 Å². The molecule has 0 saturated heterocycles. The molecule has 0 unspecified atom stereocenters. The summed E-state index contributed by atoms with van der Waals surface area (Å²) in [4.78, 5) is 12.4. The summed E-state index contributed by atoms with van der Waals surface area (Å²) in [6.45, 7) is 1.32. The van der Waals surface area contributed by atoms with Gasteiger partial charge in [-0.1, -0.05) is 34.4 Å². The molecular formula is C19H10Cl2F6N2O2. The number of carbonyl (C=O) groups is 1. The van der Waals surface area contributed by atoms with Crippen molar-refractivity contribution < 1.29 is 35.7 Å². The van der Waals surface area contributed by atoms with Crippen LogP contribution in [0.15, 0.2) is 40.9 Å². The van der Waals surface area contributed by atoms with Gasteiger partial charge in [0, 0.05) is 5.56 Å². The van der Waals surface area contributed by atoms with Crippen molar-refractivity contribution >= 4 is 41.0 Å². The SMILES string of the molecule is Cc1onc(-c2c(Cl)cccc2Cl)c1N(C=O)c1cc(C(F)(F)F)cc(C(F)(F)F)c1. The standard InChI is InChI=1S/C19H10Cl2F6N2O2/c1-9-17(16(28-31-9)15-13(20)3-2-4-14(15)21)29(8-30)12-6-10(18(22,23)24)5-11(7-12)19(25,26)27/h2-8H,1H3. The van der Waals surface area contributed by atoms with Crippen LogP contribution in [0.4, 0.5) is 37.7 Å². The van der Waals surface area contributed by atoms with Crippen LogP contribution in [-0.4, -0.2) is 11.6 Å². The summed E-state index contributed by atoms with van der Waals surface area (Å²) in [5.74, 6) is -0.0657. The van der Waals surface area contributed by atoms with Gasteiger partial charge >= 0.3 is 12.4 Å². The summed E-state index contributed by atoms with van der Waals surface area (Å²) in [7, 11) is 0. The summed E-state index contributed by atoms with van der Waals surface area (Å²) in [6.07, 6.45) is -10.1. The van der Waals surface area contributed by atoms with Crippen molar-refractivity contribution in [3.8, 4) is 11.3 Å². The molecular weight excluding hydrogens is 473 g/mol. The van der Waals surface area contributed by atoms with E-state index in [9.17, 15) is 31.1 Å². The van der Waals surface area contributed by atoms with E-state index in [0.29, 0.717) is 17.0 Å². The molecule has 1 amide bonds. The van der Waals surface area contributed by atoms with E-state index in [4.69, 9.17) is 27.7 Å². The molecule has 31 heavy (non-hydrogen) atoms. The van der Waals surface area contributed by atoms with Crippen molar-refractivity contribution in [1.82, 2.24) is 5.16 Å². The number of rotatable bonds is 4. The Balaban J connectivity index is 2.28. The number of alkyl halides is 6. The Morgan fingerprint density at radius 3 is 1.94 bits per heavy atom. The normalized spacial score (nSPS) is 12.2. The van der Waals surface area contributed by atoms with Crippen molar-refractivity contribution in [3.63, 3.8) is 0 Å². The molecule has 0 bridgehead atoms. The highest BCUT2D eigenvalue weighted by atomic mass is 35.5. The first-order valence-corrected chi connectivity index (χ1v) is 9.05. The van der Waals surface area contributed by atoms with Gasteiger partial charge in [0.15, 0.2) is 5.76 Å². The topological polar surface area (TPSA) is 46.3 Å². The Morgan fingerprint density at radius 1 is 0.968 bits per heavy atom. The number of amides is 1. The average Bonchev–Trinajstić information content (AvgIpc) is 3.02. The Kier molecular flexibility index (Phi) is 5.98. The van der Waals surface area contributed by atoms with Gasteiger partial charge in [-0.2, -0.15) is 26.3 Å². The first kappa shape index (κ1) is 23.0. The van der Waals surface area contributed by atoms with Crippen molar-refractivity contribution in [2.45, 2.75) is 19.3 Å². The molecule has 164 valence electrons. The van der Waals surface area contributed by atoms with E-state index in [0.717, 1.165) is 0 Å². The zero-order chi connectivity index (χ0) is 23.1. The number of nitrogens with zero attached hydrogens (tertiary/aromatic N) is 2. The minimum absolute atomic E-state index is 0.0429. The largest absolute Gasteiger partial charge is 0.416 e. The average molecular weight is 483 g/mol. The Morgan fingerprint density at radius 2 is 1.48 bits per heavy atom. The van der Waals surface area contributed by atoms with Crippen molar-refractivity contribution in [2.24, 2.45) is 0 Å². The third-order valence-corrected chi connectivity index (χ3v) is 4.86. The lowest BCUT2D eigenvalue weighted by Gasteiger charge is -2.21. The first-order chi connectivity index (χ1) is 14.3. The van der Waals surface area contributed by atoms with Crippen molar-refractivity contribution in [3.05, 3.63) is 63.3 Å². The molecule has 0 fully saturated rings. The molecule has 2 aromatic carbocycles. The predicted octanol–water partition coefficient (Wildman–Crippen LogP) is 7.29. The molecule has 0 aliphatic rings. The van der Waals surface area contributed by atoms with E-state index < -0.39 is 29.2 Å². The van der Waals surface area contributed by atoms with Crippen LogP contribution in [0.5, 0.6) is 0 Å². The lowest BCUT2D eigenvalue weighted by molar-refractivity contribution is -0.143. The number of carbonyl (C=O) groups excluding carboxylic acids is 1. The van der Waals surface area contributed by atoms with Crippen molar-refractivity contribution in [1.29, 1.82) is 0 Å². The van der Waals surface area contributed by atoms with E-state index in [1.807, 2.05) is 0 Å². The van der Waals surface area contributed by atoms with Gasteiger partial charge in [-0.15, -0.1) is 0 Å². The number of hydrogen-bond acceptors (Lipinski definition) is 3. The molecule has 0 aliphatic carbocycles. The van der Waals surface area contributed by atoms with Crippen LogP contribution in [0, 0.1) is 6.92 Å². The van der Waals surface area contributed by atoms with Crippen LogP contribution in [0.3, 0.4) is 0 Å². The summed E-state index contributed by atoms with van der Waals surface area (Å²) < 4.78 is 84.5. The number of anilines is 2. The lowest BCUT2D eigenvalue weighted by atomic mass is 10.1. The van der Waals surface area contributed by atoms with E-state index >= 15 is 0 Å². The zero-order valence-electron chi connectivity index (χ0n) is 15.3. The fourth-order valence-corrected chi connectivity index (χ4v) is 3.44. The highest BCUT2D eigenvalue weighted by Crippen LogP contribution is 2.44. The molecule has 4 nitrogen and oxygen atoms in total. The molecule has 0 radical (unpaired) electrons. The molecule has 0 saturated carbocycles. The van der Waals surface area contributed by atoms with Crippen LogP contribution in [0.2, 0.25) is 10.0 Å². The van der Waals surface area contributed by atoms with E-state index in [1.165, 1.54) is 25.1 Å². The zero-order valence-corrected chi connectivity index (χ0v) is 16.8. The Hall–Kier alpha value is -2.72. The second kappa shape index (κ2) is 8.08. The minimum Gasteiger partial charge on any atom is -0.359 e. The van der Waals surface area contributed by atoms with Crippen molar-refractivity contribution in [2.75, 3.05) is 4.90 Å². The molecule has 1 aromatic heterocycles. The van der Waals surface area contributed by atoms with Gasteiger partial charge in [0.05, 0.1) is 26.9 Å². The summed E-state index contributed by atoms with van der Waals surface area (Å²) in [5, 5.41) is 3.91. The van der Waals surface area contributed by atoms with Crippen LogP contribution < -0.4 is 4.90 Å². The predicted molar refractivity (Wildman–Crippen MR) is 101 cm³/mol. The fourth-order valence-electron chi connectivity index (χ4n) is 2.86. The van der Waals surface area contributed by atoms with E-state index in [-0.39, 0.29) is 45.2 Å². The number of aromatic nitrogens is 1. The number of benzene rings is 2. The third-order valence-electron chi connectivity index (χ3n) is 4.23. The number of hydrogen-bond donors (Lipinski definition) is 0. The number of aryl methyl sites for hydroxylation is 1. The second-order valence-electron chi connectivity index (χ2n) is 6.27. The molecule has 0 N–H and O–H groups in total. The van der Waals surface area contributed by atoms with E-state index in [1.54, 1.807) is 0 Å². The lowest BCUT2D eigenvalue weighted by Crippen LogP contribution is -2.19. The van der Waals surface area contributed by atoms with Gasteiger partial charge in [0.25, 0.3) is 0 Å². The van der Waals surface area contributed by atoms with Crippen LogP contribution in [0.1, 0.15) is 16.9 Å². The van der Waals surface area contributed by atoms with Crippen LogP contribution in [-0.2, 0) is 17.1 Å². The quantitative estimate of drug-likeness (QED) is 0.289. The van der Waals surface area contributed by atoms with E-state index in [2.05, 4.69) is 5.16 Å². The summed E-state index contributed by atoms with van der Waals surface area (Å²) in [5.41, 5.74) is -4.13. The smallest absolute Gasteiger partial charge is 0.359 e. The minimum atomic E-state index is -5.09. The maximum atomic E-state index is 13.2. The van der Waals surface area contributed by atoms with Gasteiger partial charge in [0.1, 0.15) is 11.4 Å². The molecule has 1 heterocycles. The van der Waals surface area contributed by atoms with Gasteiger partial charge in [-0.25, -0.2) is 0 Å². The van der Waals surface area contributed by atoms with Crippen LogP contribution >= 0.6 is 23.2 Å². The molecule has 12 heteroatoms. The monoisotopic (exact) mass is 482 g/mol. The maximum Gasteiger partial charge on any atom is 0.416 e. The highest BCUT2D eigenvalue weighted by Gasteiger charge is 2.38. The Labute approximate surface area is 180 Å². The highest BCUT2D eigenvalue weighted by molar-refractivity contribution is 6.39. The fraction of sp³-hybridized carbons (Fsp3) is 0.158. The van der Waals surface area contributed by atoms with Gasteiger partial charge in [-0.3, -0.25) is 9.69 Å². The summed E-state index contributed by atoms with van der Waals surface area (Å²) in [6, 6.07) is 5.17. The summed E-state index contributed by atoms with van der Waals surface area (Å²) >= 11 is 12.3. The van der Waals surface area contributed by atoms with Gasteiger partial charge in [-0.05, 0) is 37.3 Å². The molecule has 0 aliphatic heterocycles. The first-order valence-electron chi connectivity index (χ1n) is 8.29. The Bertz CT molecular complexity index is 1090. The van der Waals surface area contributed by atoms with Gasteiger partial charge in [0.2, 0.25) is 6.41 Å². The molecule has 0 spiro atoms. The molecule has 3 aromatic rings. The second-order valence-corrected chi connectivity index (χ2v) is 7.09. The molecule has 0 atom stereocenters. The number of halogens is 8.